The Morgan fingerprint density at radius 2 is 2.00 bits per heavy atom. The summed E-state index contributed by atoms with van der Waals surface area (Å²) in [6.45, 7) is 1.74. The minimum absolute atomic E-state index is 0.0577. The van der Waals surface area contributed by atoms with Gasteiger partial charge in [0.05, 0.1) is 6.20 Å². The number of aromatic nitrogens is 3. The third-order valence-electron chi connectivity index (χ3n) is 2.20. The second-order valence-corrected chi connectivity index (χ2v) is 3.87. The highest BCUT2D eigenvalue weighted by Crippen LogP contribution is 2.22. The van der Waals surface area contributed by atoms with E-state index >= 15 is 0 Å². The summed E-state index contributed by atoms with van der Waals surface area (Å²) in [6, 6.07) is 0. The molecule has 0 fully saturated rings. The number of nitrogens with zero attached hydrogens (tertiary/aromatic N) is 3. The second-order valence-electron chi connectivity index (χ2n) is 3.46. The summed E-state index contributed by atoms with van der Waals surface area (Å²) in [5.41, 5.74) is 12.2. The minimum atomic E-state index is -0.0577. The van der Waals surface area contributed by atoms with Crippen LogP contribution in [-0.4, -0.2) is 20.3 Å². The van der Waals surface area contributed by atoms with Crippen LogP contribution < -0.4 is 22.2 Å². The zero-order valence-corrected chi connectivity index (χ0v) is 10.2. The van der Waals surface area contributed by atoms with E-state index in [-0.39, 0.29) is 28.3 Å². The Morgan fingerprint density at radius 1 is 1.39 bits per heavy atom. The van der Waals surface area contributed by atoms with Crippen LogP contribution in [0.1, 0.15) is 11.3 Å². The van der Waals surface area contributed by atoms with Gasteiger partial charge >= 0.3 is 0 Å². The van der Waals surface area contributed by atoms with Crippen LogP contribution in [0.2, 0.25) is 0 Å². The molecule has 0 aliphatic carbocycles. The fourth-order valence-electron chi connectivity index (χ4n) is 1.34. The lowest BCUT2D eigenvalue weighted by Gasteiger charge is -2.07. The number of rotatable bonds is 3. The topological polar surface area (TPSA) is 141 Å². The Labute approximate surface area is 107 Å². The summed E-state index contributed by atoms with van der Waals surface area (Å²) in [6.07, 6.45) is 1.49. The third kappa shape index (κ3) is 2.18. The predicted molar refractivity (Wildman–Crippen MR) is 67.3 cm³/mol. The van der Waals surface area contributed by atoms with Crippen LogP contribution in [-0.2, 0) is 0 Å². The van der Waals surface area contributed by atoms with Crippen LogP contribution in [0.15, 0.2) is 10.7 Å². The number of nitrogens with one attached hydrogen (secondary N) is 1. The Hall–Kier alpha value is -2.35. The van der Waals surface area contributed by atoms with Crippen molar-refractivity contribution in [3.63, 3.8) is 0 Å². The van der Waals surface area contributed by atoms with Crippen LogP contribution in [0.3, 0.4) is 0 Å². The van der Waals surface area contributed by atoms with Gasteiger partial charge in [0.15, 0.2) is 5.76 Å². The van der Waals surface area contributed by atoms with Crippen molar-refractivity contribution in [1.29, 1.82) is 0 Å². The number of aryl methyl sites for hydroxylation is 1. The van der Waals surface area contributed by atoms with E-state index in [1.807, 2.05) is 0 Å². The van der Waals surface area contributed by atoms with Gasteiger partial charge in [-0.05, 0) is 18.5 Å². The zero-order valence-electron chi connectivity index (χ0n) is 9.44. The molecule has 2 aromatic heterocycles. The molecule has 9 heteroatoms. The van der Waals surface area contributed by atoms with E-state index in [9.17, 15) is 0 Å². The molecule has 7 N–H and O–H groups in total. The normalized spacial score (nSPS) is 10.3. The molecule has 0 aliphatic rings. The maximum absolute atomic E-state index is 5.69. The molecule has 18 heavy (non-hydrogen) atoms. The van der Waals surface area contributed by atoms with E-state index in [1.54, 1.807) is 6.92 Å². The average molecular weight is 269 g/mol. The average Bonchev–Trinajstić information content (AvgIpc) is 2.62. The van der Waals surface area contributed by atoms with E-state index < -0.39 is 0 Å². The minimum Gasteiger partial charge on any atom is -0.383 e. The van der Waals surface area contributed by atoms with Crippen LogP contribution in [0, 0.1) is 6.92 Å². The molecule has 2 aromatic rings. The van der Waals surface area contributed by atoms with Crippen molar-refractivity contribution in [2.24, 2.45) is 0 Å². The molecule has 2 heterocycles. The quantitative estimate of drug-likeness (QED) is 0.546. The molecule has 0 spiro atoms. The fourth-order valence-corrected chi connectivity index (χ4v) is 1.53. The summed E-state index contributed by atoms with van der Waals surface area (Å²) in [5, 5.41) is 11.8. The Kier molecular flexibility index (Phi) is 3.02. The van der Waals surface area contributed by atoms with E-state index in [1.165, 1.54) is 6.20 Å². The zero-order chi connectivity index (χ0) is 13.3. The van der Waals surface area contributed by atoms with Gasteiger partial charge in [0, 0.05) is 0 Å². The predicted octanol–water partition coefficient (Wildman–Crippen LogP) is -0.574. The standard InChI is InChI=1S/C9H10ClN7O/c1-3-4(2-14-18-3)15-9-16-7(12)5(6(10)11)8(13)17-9/h2,11H,1H3,(H5,12,13,15,16,17)/p+1. The fraction of sp³-hybridized carbons (Fsp3) is 0.111. The molecule has 0 aromatic carbocycles. The van der Waals surface area contributed by atoms with Crippen molar-refractivity contribution < 1.29 is 9.93 Å². The largest absolute Gasteiger partial charge is 0.383 e. The molecule has 0 unspecified atom stereocenters. The Morgan fingerprint density at radius 3 is 2.44 bits per heavy atom. The van der Waals surface area contributed by atoms with E-state index in [0.717, 1.165) is 0 Å². The first-order valence-electron chi connectivity index (χ1n) is 4.88. The highest BCUT2D eigenvalue weighted by atomic mass is 35.5. The molecular formula is C9H11ClN7O+. The first-order chi connectivity index (χ1) is 8.49. The molecule has 2 rings (SSSR count). The third-order valence-corrected chi connectivity index (χ3v) is 2.39. The Balaban J connectivity index is 2.37. The van der Waals surface area contributed by atoms with Crippen molar-refractivity contribution in [2.45, 2.75) is 6.92 Å². The smallest absolute Gasteiger partial charge is 0.281 e. The monoisotopic (exact) mass is 268 g/mol. The summed E-state index contributed by atoms with van der Waals surface area (Å²) >= 11 is 5.64. The summed E-state index contributed by atoms with van der Waals surface area (Å²) < 4.78 is 4.88. The van der Waals surface area contributed by atoms with Gasteiger partial charge in [-0.3, -0.25) is 0 Å². The molecule has 0 aliphatic heterocycles. The first kappa shape index (κ1) is 12.1. The number of anilines is 4. The number of halogens is 1. The van der Waals surface area contributed by atoms with Crippen molar-refractivity contribution in [1.82, 2.24) is 15.1 Å². The van der Waals surface area contributed by atoms with Crippen molar-refractivity contribution in [3.05, 3.63) is 17.5 Å². The summed E-state index contributed by atoms with van der Waals surface area (Å²) in [4.78, 5) is 7.98. The van der Waals surface area contributed by atoms with E-state index in [0.29, 0.717) is 11.4 Å². The maximum Gasteiger partial charge on any atom is 0.281 e. The van der Waals surface area contributed by atoms with Crippen LogP contribution in [0.5, 0.6) is 0 Å². The van der Waals surface area contributed by atoms with Gasteiger partial charge in [0.1, 0.15) is 22.9 Å². The summed E-state index contributed by atoms with van der Waals surface area (Å²) in [5.74, 6) is 0.972. The van der Waals surface area contributed by atoms with Gasteiger partial charge in [0.25, 0.3) is 5.17 Å². The molecule has 8 nitrogen and oxygen atoms in total. The van der Waals surface area contributed by atoms with Crippen LogP contribution in [0.25, 0.3) is 0 Å². The molecule has 0 bridgehead atoms. The number of hydrogen-bond donors (Lipinski definition) is 4. The van der Waals surface area contributed by atoms with Gasteiger partial charge in [-0.1, -0.05) is 5.16 Å². The van der Waals surface area contributed by atoms with E-state index in [4.69, 9.17) is 33.0 Å². The molecular weight excluding hydrogens is 258 g/mol. The van der Waals surface area contributed by atoms with Crippen LogP contribution >= 0.6 is 11.6 Å². The first-order valence-corrected chi connectivity index (χ1v) is 5.26. The molecule has 0 saturated carbocycles. The molecule has 0 radical (unpaired) electrons. The molecule has 0 saturated heterocycles. The van der Waals surface area contributed by atoms with Gasteiger partial charge in [-0.2, -0.15) is 9.97 Å². The van der Waals surface area contributed by atoms with Gasteiger partial charge in [-0.25, -0.2) is 5.41 Å². The van der Waals surface area contributed by atoms with Gasteiger partial charge < -0.3 is 21.3 Å². The number of nitrogens with two attached hydrogens (primary N) is 3. The lowest BCUT2D eigenvalue weighted by Crippen LogP contribution is -2.37. The number of nitrogen functional groups attached to an aromatic ring is 2. The molecule has 94 valence electrons. The lowest BCUT2D eigenvalue weighted by molar-refractivity contribution is -0.108. The SMILES string of the molecule is Cc1oncc1Nc1nc(N)c(C(=[NH2+])Cl)c(N)n1. The Bertz CT molecular complexity index is 586. The van der Waals surface area contributed by atoms with Crippen molar-refractivity contribution >= 4 is 40.0 Å². The van der Waals surface area contributed by atoms with E-state index in [2.05, 4.69) is 20.4 Å². The second kappa shape index (κ2) is 4.49. The molecule has 0 atom stereocenters. The highest BCUT2D eigenvalue weighted by molar-refractivity contribution is 6.68. The van der Waals surface area contributed by atoms with Gasteiger partial charge in [0.2, 0.25) is 5.95 Å². The van der Waals surface area contributed by atoms with Crippen LogP contribution in [0.4, 0.5) is 23.3 Å². The maximum atomic E-state index is 5.69. The highest BCUT2D eigenvalue weighted by Gasteiger charge is 2.17. The van der Waals surface area contributed by atoms with Crippen molar-refractivity contribution in [2.75, 3.05) is 16.8 Å². The molecule has 0 amide bonds. The number of hydrogen-bond acceptors (Lipinski definition) is 7. The lowest BCUT2D eigenvalue weighted by atomic mass is 10.3. The summed E-state index contributed by atoms with van der Waals surface area (Å²) in [7, 11) is 0. The van der Waals surface area contributed by atoms with Gasteiger partial charge in [-0.15, -0.1) is 0 Å². The van der Waals surface area contributed by atoms with Crippen molar-refractivity contribution in [3.8, 4) is 0 Å².